The van der Waals surface area contributed by atoms with E-state index >= 15 is 0 Å². The second-order valence-corrected chi connectivity index (χ2v) is 3.89. The number of nitrogens with zero attached hydrogens (tertiary/aromatic N) is 1. The summed E-state index contributed by atoms with van der Waals surface area (Å²) in [4.78, 5) is 35.7. The van der Waals surface area contributed by atoms with Crippen molar-refractivity contribution >= 4 is 29.3 Å². The highest BCUT2D eigenvalue weighted by molar-refractivity contribution is 6.09. The van der Waals surface area contributed by atoms with Crippen molar-refractivity contribution in [1.82, 2.24) is 5.32 Å². The first-order valence-electron chi connectivity index (χ1n) is 5.63. The van der Waals surface area contributed by atoms with Gasteiger partial charge in [-0.25, -0.2) is 4.79 Å². The van der Waals surface area contributed by atoms with E-state index in [1.807, 2.05) is 0 Å². The molecule has 0 aromatic heterocycles. The summed E-state index contributed by atoms with van der Waals surface area (Å²) in [5.41, 5.74) is 1.15. The molecule has 0 unspecified atom stereocenters. The first-order chi connectivity index (χ1) is 9.11. The number of methoxy groups -OCH3 is 1. The molecule has 7 heteroatoms. The number of para-hydroxylation sites is 2. The standard InChI is InChI=1S/C12H13N3O4/c1-19-11(17)6-13-12(18)15-7-10(16)14-8-4-2-3-5-9(8)15/h2-5H,6-7H2,1H3,(H,13,18)(H,14,16). The number of amides is 3. The predicted octanol–water partition coefficient (Wildman–Crippen LogP) is 0.328. The number of urea groups is 1. The van der Waals surface area contributed by atoms with Gasteiger partial charge in [-0.15, -0.1) is 0 Å². The Kier molecular flexibility index (Phi) is 3.65. The van der Waals surface area contributed by atoms with Gasteiger partial charge in [0.25, 0.3) is 0 Å². The molecule has 1 aliphatic heterocycles. The van der Waals surface area contributed by atoms with Crippen LogP contribution in [-0.2, 0) is 14.3 Å². The monoisotopic (exact) mass is 263 g/mol. The van der Waals surface area contributed by atoms with Crippen LogP contribution in [0.5, 0.6) is 0 Å². The van der Waals surface area contributed by atoms with Gasteiger partial charge in [0.2, 0.25) is 5.91 Å². The molecule has 2 rings (SSSR count). The molecular formula is C12H13N3O4. The highest BCUT2D eigenvalue weighted by Gasteiger charge is 2.26. The van der Waals surface area contributed by atoms with Crippen molar-refractivity contribution in [3.05, 3.63) is 24.3 Å². The van der Waals surface area contributed by atoms with E-state index in [-0.39, 0.29) is 19.0 Å². The highest BCUT2D eigenvalue weighted by atomic mass is 16.5. The number of carbonyl (C=O) groups excluding carboxylic acids is 3. The van der Waals surface area contributed by atoms with Crippen LogP contribution in [0.4, 0.5) is 16.2 Å². The molecule has 2 N–H and O–H groups in total. The molecule has 0 saturated carbocycles. The molecule has 7 nitrogen and oxygen atoms in total. The zero-order valence-corrected chi connectivity index (χ0v) is 10.3. The molecule has 0 fully saturated rings. The Morgan fingerprint density at radius 2 is 2.16 bits per heavy atom. The minimum Gasteiger partial charge on any atom is -0.468 e. The van der Waals surface area contributed by atoms with E-state index in [0.717, 1.165) is 0 Å². The Morgan fingerprint density at radius 1 is 1.42 bits per heavy atom. The summed E-state index contributed by atoms with van der Waals surface area (Å²) in [7, 11) is 1.23. The predicted molar refractivity (Wildman–Crippen MR) is 67.8 cm³/mol. The number of esters is 1. The number of nitrogens with one attached hydrogen (secondary N) is 2. The minimum atomic E-state index is -0.553. The Balaban J connectivity index is 2.14. The van der Waals surface area contributed by atoms with Crippen LogP contribution in [0.15, 0.2) is 24.3 Å². The normalized spacial score (nSPS) is 13.3. The third-order valence-corrected chi connectivity index (χ3v) is 2.63. The lowest BCUT2D eigenvalue weighted by Gasteiger charge is -2.28. The van der Waals surface area contributed by atoms with E-state index in [1.165, 1.54) is 12.0 Å². The third-order valence-electron chi connectivity index (χ3n) is 2.63. The average Bonchev–Trinajstić information content (AvgIpc) is 2.43. The number of benzene rings is 1. The molecule has 1 aliphatic rings. The smallest absolute Gasteiger partial charge is 0.325 e. The van der Waals surface area contributed by atoms with Crippen LogP contribution in [0.2, 0.25) is 0 Å². The quantitative estimate of drug-likeness (QED) is 0.752. The third kappa shape index (κ3) is 2.82. The van der Waals surface area contributed by atoms with Crippen LogP contribution in [0, 0.1) is 0 Å². The first kappa shape index (κ1) is 12.9. The van der Waals surface area contributed by atoms with E-state index in [1.54, 1.807) is 24.3 Å². The molecule has 100 valence electrons. The number of hydrogen-bond donors (Lipinski definition) is 2. The van der Waals surface area contributed by atoms with Gasteiger partial charge in [-0.3, -0.25) is 14.5 Å². The van der Waals surface area contributed by atoms with E-state index < -0.39 is 12.0 Å². The maximum atomic E-state index is 12.0. The van der Waals surface area contributed by atoms with Crippen LogP contribution < -0.4 is 15.5 Å². The van der Waals surface area contributed by atoms with Crippen LogP contribution in [0.1, 0.15) is 0 Å². The van der Waals surface area contributed by atoms with Crippen molar-refractivity contribution in [2.75, 3.05) is 30.4 Å². The van der Waals surface area contributed by atoms with Gasteiger partial charge in [0.15, 0.2) is 0 Å². The zero-order chi connectivity index (χ0) is 13.8. The SMILES string of the molecule is COC(=O)CNC(=O)N1CC(=O)Nc2ccccc21. The number of hydrogen-bond acceptors (Lipinski definition) is 4. The molecule has 19 heavy (non-hydrogen) atoms. The Bertz CT molecular complexity index is 529. The Hall–Kier alpha value is -2.57. The molecule has 1 aromatic carbocycles. The molecule has 0 bridgehead atoms. The molecule has 0 atom stereocenters. The zero-order valence-electron chi connectivity index (χ0n) is 10.3. The number of fused-ring (bicyclic) bond motifs is 1. The molecule has 0 aliphatic carbocycles. The highest BCUT2D eigenvalue weighted by Crippen LogP contribution is 2.28. The van der Waals surface area contributed by atoms with Gasteiger partial charge >= 0.3 is 12.0 Å². The van der Waals surface area contributed by atoms with Gasteiger partial charge in [0.05, 0.1) is 18.5 Å². The van der Waals surface area contributed by atoms with Gasteiger partial charge < -0.3 is 15.4 Å². The van der Waals surface area contributed by atoms with Gasteiger partial charge in [0.1, 0.15) is 13.1 Å². The second kappa shape index (κ2) is 5.38. The number of rotatable bonds is 2. The van der Waals surface area contributed by atoms with Crippen LogP contribution in [0.3, 0.4) is 0 Å². The van der Waals surface area contributed by atoms with Crippen molar-refractivity contribution in [2.24, 2.45) is 0 Å². The molecule has 3 amide bonds. The van der Waals surface area contributed by atoms with Gasteiger partial charge in [0, 0.05) is 0 Å². The second-order valence-electron chi connectivity index (χ2n) is 3.89. The van der Waals surface area contributed by atoms with Crippen LogP contribution >= 0.6 is 0 Å². The maximum Gasteiger partial charge on any atom is 0.325 e. The number of anilines is 2. The average molecular weight is 263 g/mol. The van der Waals surface area contributed by atoms with E-state index in [0.29, 0.717) is 11.4 Å². The van der Waals surface area contributed by atoms with Crippen molar-refractivity contribution in [3.8, 4) is 0 Å². The minimum absolute atomic E-state index is 0.0932. The topological polar surface area (TPSA) is 87.7 Å². The molecule has 0 spiro atoms. The molecular weight excluding hydrogens is 250 g/mol. The summed E-state index contributed by atoms with van der Waals surface area (Å²) in [6.07, 6.45) is 0. The molecule has 0 radical (unpaired) electrons. The first-order valence-corrected chi connectivity index (χ1v) is 5.63. The lowest BCUT2D eigenvalue weighted by atomic mass is 10.2. The summed E-state index contributed by atoms with van der Waals surface area (Å²) in [6, 6.07) is 6.42. The summed E-state index contributed by atoms with van der Waals surface area (Å²) in [6.45, 7) is -0.334. The Morgan fingerprint density at radius 3 is 2.89 bits per heavy atom. The summed E-state index contributed by atoms with van der Waals surface area (Å²) in [5, 5.41) is 5.07. The fourth-order valence-electron chi connectivity index (χ4n) is 1.73. The van der Waals surface area contributed by atoms with Gasteiger partial charge in [-0.1, -0.05) is 12.1 Å². The molecule has 0 saturated heterocycles. The van der Waals surface area contributed by atoms with E-state index in [9.17, 15) is 14.4 Å². The van der Waals surface area contributed by atoms with E-state index in [4.69, 9.17) is 0 Å². The molecule has 1 aromatic rings. The summed E-state index contributed by atoms with van der Waals surface area (Å²) >= 11 is 0. The van der Waals surface area contributed by atoms with Crippen LogP contribution in [0.25, 0.3) is 0 Å². The van der Waals surface area contributed by atoms with Crippen LogP contribution in [-0.4, -0.2) is 38.1 Å². The lowest BCUT2D eigenvalue weighted by Crippen LogP contribution is -2.48. The fourth-order valence-corrected chi connectivity index (χ4v) is 1.73. The van der Waals surface area contributed by atoms with Crippen molar-refractivity contribution < 1.29 is 19.1 Å². The largest absolute Gasteiger partial charge is 0.468 e. The number of carbonyl (C=O) groups is 3. The maximum absolute atomic E-state index is 12.0. The van der Waals surface area contributed by atoms with Gasteiger partial charge in [-0.2, -0.15) is 0 Å². The van der Waals surface area contributed by atoms with Gasteiger partial charge in [-0.05, 0) is 12.1 Å². The number of ether oxygens (including phenoxy) is 1. The Labute approximate surface area is 109 Å². The lowest BCUT2D eigenvalue weighted by molar-refractivity contribution is -0.139. The van der Waals surface area contributed by atoms with E-state index in [2.05, 4.69) is 15.4 Å². The summed E-state index contributed by atoms with van der Waals surface area (Å²) in [5.74, 6) is -0.838. The van der Waals surface area contributed by atoms with Crippen molar-refractivity contribution in [2.45, 2.75) is 0 Å². The van der Waals surface area contributed by atoms with Crippen molar-refractivity contribution in [3.63, 3.8) is 0 Å². The van der Waals surface area contributed by atoms with Crippen molar-refractivity contribution in [1.29, 1.82) is 0 Å². The summed E-state index contributed by atoms with van der Waals surface area (Å²) < 4.78 is 4.43. The molecule has 1 heterocycles. The fraction of sp³-hybridized carbons (Fsp3) is 0.250.